The first kappa shape index (κ1) is 17.5. The van der Waals surface area contributed by atoms with E-state index in [0.717, 1.165) is 19.3 Å². The molecule has 3 N–H and O–H groups in total. The summed E-state index contributed by atoms with van der Waals surface area (Å²) in [5.41, 5.74) is -0.346. The Labute approximate surface area is 140 Å². The molecule has 1 aliphatic rings. The van der Waals surface area contributed by atoms with Crippen LogP contribution in [0.3, 0.4) is 0 Å². The van der Waals surface area contributed by atoms with Gasteiger partial charge in [-0.3, -0.25) is 4.79 Å². The van der Waals surface area contributed by atoms with Crippen LogP contribution in [0.4, 0.5) is 0 Å². The number of rotatable bonds is 5. The summed E-state index contributed by atoms with van der Waals surface area (Å²) in [6.07, 6.45) is 3.52. The largest absolute Gasteiger partial charge is 0.389 e. The minimum Gasteiger partial charge on any atom is -0.389 e. The Morgan fingerprint density at radius 3 is 2.36 bits per heavy atom. The van der Waals surface area contributed by atoms with Crippen molar-refractivity contribution >= 4 is 29.1 Å². The molecule has 1 aliphatic carbocycles. The highest BCUT2D eigenvalue weighted by Crippen LogP contribution is 2.30. The molecule has 0 aromatic heterocycles. The van der Waals surface area contributed by atoms with Crippen molar-refractivity contribution in [3.8, 4) is 0 Å². The minimum atomic E-state index is -0.896. The number of aliphatic hydroxyl groups is 2. The van der Waals surface area contributed by atoms with E-state index in [-0.39, 0.29) is 18.9 Å². The van der Waals surface area contributed by atoms with Gasteiger partial charge in [0.25, 0.3) is 0 Å². The van der Waals surface area contributed by atoms with Crippen molar-refractivity contribution in [1.82, 2.24) is 5.32 Å². The van der Waals surface area contributed by atoms with E-state index in [2.05, 4.69) is 5.32 Å². The van der Waals surface area contributed by atoms with Gasteiger partial charge in [0.2, 0.25) is 5.91 Å². The molecule has 0 bridgehead atoms. The van der Waals surface area contributed by atoms with Crippen molar-refractivity contribution in [2.24, 2.45) is 0 Å². The van der Waals surface area contributed by atoms with E-state index in [0.29, 0.717) is 28.5 Å². The van der Waals surface area contributed by atoms with Gasteiger partial charge in [-0.25, -0.2) is 0 Å². The van der Waals surface area contributed by atoms with Gasteiger partial charge in [0.05, 0.1) is 18.1 Å². The summed E-state index contributed by atoms with van der Waals surface area (Å²) in [5.74, 6) is -0.253. The predicted octanol–water partition coefficient (Wildman–Crippen LogP) is 3.23. The van der Waals surface area contributed by atoms with Gasteiger partial charge in [-0.15, -0.1) is 0 Å². The predicted molar refractivity (Wildman–Crippen MR) is 87.1 cm³/mol. The zero-order chi connectivity index (χ0) is 16.2. The van der Waals surface area contributed by atoms with Crippen LogP contribution in [0.5, 0.6) is 0 Å². The summed E-state index contributed by atoms with van der Waals surface area (Å²) in [6, 6.07) is 4.80. The van der Waals surface area contributed by atoms with E-state index in [1.165, 1.54) is 0 Å². The Balaban J connectivity index is 1.85. The number of hydrogen-bond acceptors (Lipinski definition) is 3. The maximum Gasteiger partial charge on any atom is 0.222 e. The topological polar surface area (TPSA) is 69.6 Å². The van der Waals surface area contributed by atoms with Gasteiger partial charge < -0.3 is 15.5 Å². The van der Waals surface area contributed by atoms with Gasteiger partial charge in [-0.1, -0.05) is 42.5 Å². The van der Waals surface area contributed by atoms with Crippen molar-refractivity contribution in [2.45, 2.75) is 50.2 Å². The van der Waals surface area contributed by atoms with Crippen LogP contribution < -0.4 is 5.32 Å². The molecule has 0 spiro atoms. The monoisotopic (exact) mass is 345 g/mol. The number of amides is 1. The summed E-state index contributed by atoms with van der Waals surface area (Å²) in [4.78, 5) is 12.0. The number of carbonyl (C=O) groups is 1. The fourth-order valence-corrected chi connectivity index (χ4v) is 3.39. The molecular weight excluding hydrogens is 325 g/mol. The summed E-state index contributed by atoms with van der Waals surface area (Å²) in [7, 11) is 0. The molecule has 1 aromatic rings. The highest BCUT2D eigenvalue weighted by atomic mass is 35.5. The quantitative estimate of drug-likeness (QED) is 0.767. The Hall–Kier alpha value is -0.810. The molecule has 1 amide bonds. The van der Waals surface area contributed by atoms with E-state index in [4.69, 9.17) is 23.2 Å². The smallest absolute Gasteiger partial charge is 0.222 e. The third-order valence-corrected chi connectivity index (χ3v) is 4.47. The van der Waals surface area contributed by atoms with Crippen LogP contribution in [0, 0.1) is 0 Å². The van der Waals surface area contributed by atoms with E-state index in [9.17, 15) is 15.0 Å². The minimum absolute atomic E-state index is 0.0611. The third-order valence-electron chi connectivity index (χ3n) is 4.04. The fourth-order valence-electron chi connectivity index (χ4n) is 2.84. The second kappa shape index (κ2) is 7.64. The first-order chi connectivity index (χ1) is 10.4. The van der Waals surface area contributed by atoms with Crippen molar-refractivity contribution in [1.29, 1.82) is 0 Å². The second-order valence-corrected chi connectivity index (χ2v) is 6.86. The van der Waals surface area contributed by atoms with Crippen LogP contribution in [0.1, 0.15) is 50.2 Å². The Kier molecular flexibility index (Phi) is 6.09. The Morgan fingerprint density at radius 2 is 1.77 bits per heavy atom. The number of hydrogen-bond donors (Lipinski definition) is 3. The maximum absolute atomic E-state index is 12.0. The molecular formula is C16H21Cl2NO3. The van der Waals surface area contributed by atoms with E-state index >= 15 is 0 Å². The average Bonchev–Trinajstić information content (AvgIpc) is 2.44. The van der Waals surface area contributed by atoms with Gasteiger partial charge in [0.15, 0.2) is 0 Å². The summed E-state index contributed by atoms with van der Waals surface area (Å²) >= 11 is 11.8. The van der Waals surface area contributed by atoms with E-state index < -0.39 is 11.7 Å². The molecule has 0 radical (unpaired) electrons. The fraction of sp³-hybridized carbons (Fsp3) is 0.562. The number of nitrogens with one attached hydrogen (secondary N) is 1. The molecule has 122 valence electrons. The first-order valence-corrected chi connectivity index (χ1v) is 8.27. The number of aliphatic hydroxyl groups excluding tert-OH is 1. The Bertz CT molecular complexity index is 510. The third kappa shape index (κ3) is 5.13. The van der Waals surface area contributed by atoms with Crippen LogP contribution in [-0.2, 0) is 4.79 Å². The van der Waals surface area contributed by atoms with Crippen LogP contribution in [0.15, 0.2) is 18.2 Å². The highest BCUT2D eigenvalue weighted by molar-refractivity contribution is 6.34. The standard InChI is InChI=1S/C16H21Cl2NO3/c17-12-6-11(7-13(18)8-12)14(20)10-19-15(21)9-16(22)4-2-1-3-5-16/h6-8,14,20,22H,1-5,9-10H2,(H,19,21). The number of halogens is 2. The zero-order valence-corrected chi connectivity index (χ0v) is 13.8. The summed E-state index contributed by atoms with van der Waals surface area (Å²) in [6.45, 7) is 0.0611. The maximum atomic E-state index is 12.0. The van der Waals surface area contributed by atoms with Gasteiger partial charge in [-0.2, -0.15) is 0 Å². The van der Waals surface area contributed by atoms with Gasteiger partial charge in [0, 0.05) is 16.6 Å². The molecule has 1 fully saturated rings. The Morgan fingerprint density at radius 1 is 1.18 bits per heavy atom. The lowest BCUT2D eigenvalue weighted by atomic mass is 9.82. The normalized spacial score (nSPS) is 18.7. The summed E-state index contributed by atoms with van der Waals surface area (Å²) < 4.78 is 0. The zero-order valence-electron chi connectivity index (χ0n) is 12.3. The van der Waals surface area contributed by atoms with Crippen LogP contribution in [0.25, 0.3) is 0 Å². The molecule has 0 saturated heterocycles. The molecule has 22 heavy (non-hydrogen) atoms. The van der Waals surface area contributed by atoms with Gasteiger partial charge >= 0.3 is 0 Å². The molecule has 1 saturated carbocycles. The van der Waals surface area contributed by atoms with E-state index in [1.807, 2.05) is 0 Å². The van der Waals surface area contributed by atoms with Crippen molar-refractivity contribution in [3.05, 3.63) is 33.8 Å². The van der Waals surface area contributed by atoms with E-state index in [1.54, 1.807) is 18.2 Å². The molecule has 0 heterocycles. The van der Waals surface area contributed by atoms with Crippen LogP contribution in [0.2, 0.25) is 10.0 Å². The molecule has 1 unspecified atom stereocenters. The lowest BCUT2D eigenvalue weighted by Crippen LogP contribution is -2.39. The highest BCUT2D eigenvalue weighted by Gasteiger charge is 2.31. The molecule has 6 heteroatoms. The first-order valence-electron chi connectivity index (χ1n) is 7.51. The van der Waals surface area contributed by atoms with Crippen molar-refractivity contribution in [3.63, 3.8) is 0 Å². The van der Waals surface area contributed by atoms with Crippen molar-refractivity contribution in [2.75, 3.05) is 6.54 Å². The van der Waals surface area contributed by atoms with Crippen molar-refractivity contribution < 1.29 is 15.0 Å². The van der Waals surface area contributed by atoms with Gasteiger partial charge in [-0.05, 0) is 36.6 Å². The average molecular weight is 346 g/mol. The summed E-state index contributed by atoms with van der Waals surface area (Å²) in [5, 5.41) is 24.0. The molecule has 2 rings (SSSR count). The van der Waals surface area contributed by atoms with Gasteiger partial charge in [0.1, 0.15) is 0 Å². The lowest BCUT2D eigenvalue weighted by Gasteiger charge is -2.31. The molecule has 4 nitrogen and oxygen atoms in total. The van der Waals surface area contributed by atoms with Crippen LogP contribution in [-0.4, -0.2) is 28.3 Å². The molecule has 1 atom stereocenters. The molecule has 1 aromatic carbocycles. The van der Waals surface area contributed by atoms with Crippen LogP contribution >= 0.6 is 23.2 Å². The molecule has 0 aliphatic heterocycles. The lowest BCUT2D eigenvalue weighted by molar-refractivity contribution is -0.127. The number of carbonyl (C=O) groups excluding carboxylic acids is 1. The SMILES string of the molecule is O=C(CC1(O)CCCCC1)NCC(O)c1cc(Cl)cc(Cl)c1. The second-order valence-electron chi connectivity index (χ2n) is 5.98. The number of benzene rings is 1.